The van der Waals surface area contributed by atoms with Crippen LogP contribution >= 0.6 is 0 Å². The summed E-state index contributed by atoms with van der Waals surface area (Å²) < 4.78 is 5.72. The molecule has 1 rings (SSSR count). The zero-order valence-corrected chi connectivity index (χ0v) is 8.03. The van der Waals surface area contributed by atoms with Gasteiger partial charge in [-0.15, -0.1) is 4.73 Å². The normalized spacial score (nSPS) is 10.1. The van der Waals surface area contributed by atoms with Gasteiger partial charge < -0.3 is 15.7 Å². The van der Waals surface area contributed by atoms with Crippen LogP contribution in [0.15, 0.2) is 6.07 Å². The Labute approximate surface area is 81.4 Å². The van der Waals surface area contributed by atoms with Crippen molar-refractivity contribution in [3.8, 4) is 5.88 Å². The maximum absolute atomic E-state index is 9.09. The van der Waals surface area contributed by atoms with Crippen LogP contribution in [0.3, 0.4) is 0 Å². The minimum Gasteiger partial charge on any atom is -0.477 e. The van der Waals surface area contributed by atoms with Gasteiger partial charge in [0.1, 0.15) is 5.82 Å². The van der Waals surface area contributed by atoms with Crippen molar-refractivity contribution in [3.05, 3.63) is 11.7 Å². The Hall–Kier alpha value is -1.72. The fraction of sp³-hybridized carbons (Fsp3) is 0.500. The van der Waals surface area contributed by atoms with Crippen molar-refractivity contribution in [1.82, 2.24) is 9.71 Å². The van der Waals surface area contributed by atoms with Crippen molar-refractivity contribution in [3.63, 3.8) is 0 Å². The lowest BCUT2D eigenvalue weighted by Gasteiger charge is -2.06. The van der Waals surface area contributed by atoms with Gasteiger partial charge in [0.25, 0.3) is 5.62 Å². The van der Waals surface area contributed by atoms with Gasteiger partial charge in [0.05, 0.1) is 6.61 Å². The number of unbranched alkanes of at least 4 members (excludes halogenated alkanes) is 1. The van der Waals surface area contributed by atoms with Gasteiger partial charge in [-0.05, 0) is 6.42 Å². The number of ether oxygens (including phenoxy) is 1. The zero-order chi connectivity index (χ0) is 10.6. The molecule has 0 saturated heterocycles. The minimum absolute atomic E-state index is 0.0384. The topological polar surface area (TPSA) is 97.1 Å². The molecule has 78 valence electrons. The van der Waals surface area contributed by atoms with E-state index in [1.54, 1.807) is 0 Å². The number of aromatic nitrogens is 2. The second-order valence-electron chi connectivity index (χ2n) is 2.86. The van der Waals surface area contributed by atoms with E-state index in [0.29, 0.717) is 11.3 Å². The first-order chi connectivity index (χ1) is 6.65. The van der Waals surface area contributed by atoms with Crippen LogP contribution in [0.5, 0.6) is 5.88 Å². The van der Waals surface area contributed by atoms with Crippen molar-refractivity contribution in [1.29, 1.82) is 5.41 Å². The summed E-state index contributed by atoms with van der Waals surface area (Å²) in [5.74, 6) is 0.308. The van der Waals surface area contributed by atoms with Crippen molar-refractivity contribution >= 4 is 5.82 Å². The van der Waals surface area contributed by atoms with E-state index < -0.39 is 0 Å². The first-order valence-electron chi connectivity index (χ1n) is 4.41. The molecule has 0 spiro atoms. The number of rotatable bonds is 4. The van der Waals surface area contributed by atoms with Crippen molar-refractivity contribution in [2.75, 3.05) is 12.3 Å². The van der Waals surface area contributed by atoms with Gasteiger partial charge in [0.2, 0.25) is 5.88 Å². The van der Waals surface area contributed by atoms with E-state index in [1.165, 1.54) is 6.07 Å². The summed E-state index contributed by atoms with van der Waals surface area (Å²) in [6, 6.07) is 1.38. The molecule has 0 atom stereocenters. The molecule has 0 fully saturated rings. The smallest absolute Gasteiger partial charge is 0.260 e. The van der Waals surface area contributed by atoms with Crippen LogP contribution in [0, 0.1) is 5.41 Å². The molecular formula is C8H14N4O2. The number of anilines is 1. The third-order valence-corrected chi connectivity index (χ3v) is 1.68. The first-order valence-corrected chi connectivity index (χ1v) is 4.41. The molecule has 0 aliphatic rings. The van der Waals surface area contributed by atoms with Crippen LogP contribution < -0.4 is 16.1 Å². The number of nitrogens with zero attached hydrogens (tertiary/aromatic N) is 2. The lowest BCUT2D eigenvalue weighted by atomic mass is 10.4. The fourth-order valence-corrected chi connectivity index (χ4v) is 0.889. The third kappa shape index (κ3) is 2.38. The molecular weight excluding hydrogens is 184 g/mol. The predicted octanol–water partition coefficient (Wildman–Crippen LogP) is 0.361. The standard InChI is InChI=1S/C8H14N4O2/c1-2-3-4-14-7-5-6(9)12(13)8(10)11-7/h5,10,13H,2-4,9H2,1H3. The zero-order valence-electron chi connectivity index (χ0n) is 8.03. The molecule has 0 aliphatic carbocycles. The maximum Gasteiger partial charge on any atom is 0.260 e. The van der Waals surface area contributed by atoms with Gasteiger partial charge in [-0.2, -0.15) is 4.98 Å². The summed E-state index contributed by atoms with van der Waals surface area (Å²) in [5.41, 5.74) is 5.06. The highest BCUT2D eigenvalue weighted by Crippen LogP contribution is 2.07. The average Bonchev–Trinajstić information content (AvgIpc) is 2.14. The summed E-state index contributed by atoms with van der Waals surface area (Å²) in [6.07, 6.45) is 1.94. The second kappa shape index (κ2) is 4.50. The Kier molecular flexibility index (Phi) is 3.33. The summed E-state index contributed by atoms with van der Waals surface area (Å²) in [6.45, 7) is 2.59. The third-order valence-electron chi connectivity index (χ3n) is 1.68. The Bertz CT molecular complexity index is 361. The molecule has 1 aromatic heterocycles. The van der Waals surface area contributed by atoms with Crippen LogP contribution in [0.25, 0.3) is 0 Å². The van der Waals surface area contributed by atoms with Crippen LogP contribution in [0.2, 0.25) is 0 Å². The van der Waals surface area contributed by atoms with Crippen LogP contribution in [0.1, 0.15) is 19.8 Å². The summed E-state index contributed by atoms with van der Waals surface area (Å²) >= 11 is 0. The molecule has 0 bridgehead atoms. The molecule has 0 aliphatic heterocycles. The maximum atomic E-state index is 9.09. The van der Waals surface area contributed by atoms with E-state index in [1.807, 2.05) is 6.92 Å². The van der Waals surface area contributed by atoms with Crippen LogP contribution in [-0.4, -0.2) is 21.5 Å². The lowest BCUT2D eigenvalue weighted by molar-refractivity contribution is 0.168. The monoisotopic (exact) mass is 198 g/mol. The van der Waals surface area contributed by atoms with Gasteiger partial charge >= 0.3 is 0 Å². The second-order valence-corrected chi connectivity index (χ2v) is 2.86. The van der Waals surface area contributed by atoms with Gasteiger partial charge in [0.15, 0.2) is 0 Å². The number of hydrogen-bond acceptors (Lipinski definition) is 5. The molecule has 6 heteroatoms. The highest BCUT2D eigenvalue weighted by molar-refractivity contribution is 5.31. The van der Waals surface area contributed by atoms with Gasteiger partial charge in [-0.25, -0.2) is 0 Å². The number of nitrogens with one attached hydrogen (secondary N) is 1. The van der Waals surface area contributed by atoms with Crippen LogP contribution in [-0.2, 0) is 0 Å². The Balaban J connectivity index is 2.75. The quantitative estimate of drug-likeness (QED) is 0.480. The molecule has 1 aromatic rings. The van der Waals surface area contributed by atoms with E-state index in [0.717, 1.165) is 12.8 Å². The first kappa shape index (κ1) is 10.4. The fourth-order valence-electron chi connectivity index (χ4n) is 0.889. The van der Waals surface area contributed by atoms with Gasteiger partial charge in [-0.1, -0.05) is 13.3 Å². The highest BCUT2D eigenvalue weighted by atomic mass is 16.5. The summed E-state index contributed by atoms with van der Waals surface area (Å²) in [5, 5.41) is 16.3. The van der Waals surface area contributed by atoms with Crippen molar-refractivity contribution in [2.45, 2.75) is 19.8 Å². The Morgan fingerprint density at radius 3 is 3.00 bits per heavy atom. The molecule has 1 heterocycles. The van der Waals surface area contributed by atoms with Crippen LogP contribution in [0.4, 0.5) is 5.82 Å². The molecule has 6 nitrogen and oxygen atoms in total. The SMILES string of the molecule is CCCCOc1cc(N)n(O)c(=N)n1. The lowest BCUT2D eigenvalue weighted by Crippen LogP contribution is -2.24. The molecule has 0 unspecified atom stereocenters. The Morgan fingerprint density at radius 2 is 2.43 bits per heavy atom. The molecule has 4 N–H and O–H groups in total. The Morgan fingerprint density at radius 1 is 1.71 bits per heavy atom. The number of hydrogen-bond donors (Lipinski definition) is 3. The van der Waals surface area contributed by atoms with Crippen molar-refractivity contribution < 1.29 is 9.94 Å². The molecule has 0 aromatic carbocycles. The van der Waals surface area contributed by atoms with E-state index in [2.05, 4.69) is 4.98 Å². The average molecular weight is 198 g/mol. The largest absolute Gasteiger partial charge is 0.477 e. The van der Waals surface area contributed by atoms with Gasteiger partial charge in [0, 0.05) is 6.07 Å². The van der Waals surface area contributed by atoms with E-state index in [4.69, 9.17) is 21.1 Å². The summed E-state index contributed by atoms with van der Waals surface area (Å²) in [4.78, 5) is 3.68. The van der Waals surface area contributed by atoms with E-state index in [9.17, 15) is 0 Å². The minimum atomic E-state index is -0.337. The number of nitrogens with two attached hydrogens (primary N) is 1. The van der Waals surface area contributed by atoms with Gasteiger partial charge in [-0.3, -0.25) is 5.41 Å². The highest BCUT2D eigenvalue weighted by Gasteiger charge is 2.02. The summed E-state index contributed by atoms with van der Waals surface area (Å²) in [7, 11) is 0. The molecule has 14 heavy (non-hydrogen) atoms. The molecule has 0 amide bonds. The molecule has 0 saturated carbocycles. The van der Waals surface area contributed by atoms with Crippen molar-refractivity contribution in [2.24, 2.45) is 0 Å². The van der Waals surface area contributed by atoms with E-state index in [-0.39, 0.29) is 17.3 Å². The van der Waals surface area contributed by atoms with E-state index >= 15 is 0 Å². The molecule has 0 radical (unpaired) electrons. The predicted molar refractivity (Wildman–Crippen MR) is 50.1 cm³/mol. The number of nitrogen functional groups attached to an aromatic ring is 1.